The fraction of sp³-hybridized carbons (Fsp3) is 1.00. The van der Waals surface area contributed by atoms with Crippen LogP contribution < -0.4 is 5.32 Å². The predicted octanol–water partition coefficient (Wildman–Crippen LogP) is 3.20. The Morgan fingerprint density at radius 3 is 2.29 bits per heavy atom. The third-order valence-corrected chi connectivity index (χ3v) is 4.38. The van der Waals surface area contributed by atoms with Crippen LogP contribution in [-0.4, -0.2) is 24.3 Å². The van der Waals surface area contributed by atoms with Gasteiger partial charge in [0, 0.05) is 12.6 Å². The highest BCUT2D eigenvalue weighted by molar-refractivity contribution is 4.83. The van der Waals surface area contributed by atoms with Gasteiger partial charge in [0.05, 0.1) is 0 Å². The first-order valence-corrected chi connectivity index (χ1v) is 7.30. The van der Waals surface area contributed by atoms with Crippen LogP contribution >= 0.6 is 0 Å². The molecule has 1 aliphatic carbocycles. The highest BCUT2D eigenvalue weighted by Crippen LogP contribution is 2.29. The first-order valence-electron chi connectivity index (χ1n) is 7.30. The molecule has 17 heavy (non-hydrogen) atoms. The summed E-state index contributed by atoms with van der Waals surface area (Å²) in [5.41, 5.74) is 0.0888. The normalized spacial score (nSPS) is 30.5. The Kier molecular flexibility index (Phi) is 5.94. The summed E-state index contributed by atoms with van der Waals surface area (Å²) < 4.78 is 0. The van der Waals surface area contributed by atoms with Gasteiger partial charge in [0.15, 0.2) is 0 Å². The summed E-state index contributed by atoms with van der Waals surface area (Å²) in [4.78, 5) is 0. The third kappa shape index (κ3) is 4.97. The Morgan fingerprint density at radius 1 is 1.18 bits per heavy atom. The van der Waals surface area contributed by atoms with Gasteiger partial charge in [-0.25, -0.2) is 0 Å². The lowest BCUT2D eigenvalue weighted by atomic mass is 9.78. The second kappa shape index (κ2) is 6.75. The lowest BCUT2D eigenvalue weighted by molar-refractivity contribution is 0.145. The van der Waals surface area contributed by atoms with Crippen molar-refractivity contribution in [1.29, 1.82) is 0 Å². The minimum absolute atomic E-state index is 0.0888. The molecule has 2 N–H and O–H groups in total. The Bertz CT molecular complexity index is 205. The largest absolute Gasteiger partial charge is 0.396 e. The zero-order chi connectivity index (χ0) is 12.9. The number of hydrogen-bond acceptors (Lipinski definition) is 2. The van der Waals surface area contributed by atoms with E-state index in [1.165, 1.54) is 25.7 Å². The number of aliphatic hydroxyl groups excluding tert-OH is 1. The maximum atomic E-state index is 9.21. The fourth-order valence-electron chi connectivity index (χ4n) is 3.00. The average Bonchev–Trinajstić information content (AvgIpc) is 2.27. The molecule has 0 aromatic rings. The number of nitrogens with one attached hydrogen (secondary N) is 1. The highest BCUT2D eigenvalue weighted by atomic mass is 16.3. The van der Waals surface area contributed by atoms with Crippen LogP contribution in [0.5, 0.6) is 0 Å². The van der Waals surface area contributed by atoms with Gasteiger partial charge in [-0.05, 0) is 49.5 Å². The van der Waals surface area contributed by atoms with Gasteiger partial charge >= 0.3 is 0 Å². The average molecular weight is 241 g/mol. The SMILES string of the molecule is CC1CCCC(C)C1NCCCC(C)(C)CO. The number of aliphatic hydroxyl groups is 1. The van der Waals surface area contributed by atoms with E-state index in [-0.39, 0.29) is 5.41 Å². The second-order valence-corrected chi connectivity index (χ2v) is 6.79. The molecule has 0 amide bonds. The van der Waals surface area contributed by atoms with Gasteiger partial charge < -0.3 is 10.4 Å². The molecule has 2 heteroatoms. The van der Waals surface area contributed by atoms with Crippen LogP contribution in [0.3, 0.4) is 0 Å². The molecule has 0 heterocycles. The molecule has 1 rings (SSSR count). The molecule has 1 aliphatic rings. The molecular formula is C15H31NO. The Balaban J connectivity index is 2.21. The summed E-state index contributed by atoms with van der Waals surface area (Å²) in [6.45, 7) is 10.4. The maximum absolute atomic E-state index is 9.21. The van der Waals surface area contributed by atoms with Gasteiger partial charge in [0.25, 0.3) is 0 Å². The zero-order valence-corrected chi connectivity index (χ0v) is 12.1. The first-order chi connectivity index (χ1) is 7.96. The summed E-state index contributed by atoms with van der Waals surface area (Å²) in [7, 11) is 0. The Morgan fingerprint density at radius 2 is 1.76 bits per heavy atom. The number of rotatable bonds is 6. The quantitative estimate of drug-likeness (QED) is 0.700. The lowest BCUT2D eigenvalue weighted by Gasteiger charge is -2.35. The molecule has 2 unspecified atom stereocenters. The van der Waals surface area contributed by atoms with Crippen LogP contribution in [0.15, 0.2) is 0 Å². The standard InChI is InChI=1S/C15H31NO/c1-12-7-5-8-13(2)14(12)16-10-6-9-15(3,4)11-17/h12-14,16-17H,5-11H2,1-4H3. The van der Waals surface area contributed by atoms with Crippen molar-refractivity contribution in [3.63, 3.8) is 0 Å². The lowest BCUT2D eigenvalue weighted by Crippen LogP contribution is -2.43. The van der Waals surface area contributed by atoms with Crippen LogP contribution in [0, 0.1) is 17.3 Å². The molecule has 2 atom stereocenters. The van der Waals surface area contributed by atoms with Crippen LogP contribution in [0.4, 0.5) is 0 Å². The fourth-order valence-corrected chi connectivity index (χ4v) is 3.00. The van der Waals surface area contributed by atoms with E-state index < -0.39 is 0 Å². The summed E-state index contributed by atoms with van der Waals surface area (Å²) in [6, 6.07) is 0.709. The Labute approximate surface area is 107 Å². The molecule has 0 aromatic carbocycles. The summed E-state index contributed by atoms with van der Waals surface area (Å²) >= 11 is 0. The molecule has 0 bridgehead atoms. The van der Waals surface area contributed by atoms with E-state index in [1.807, 2.05) is 0 Å². The summed E-state index contributed by atoms with van der Waals surface area (Å²) in [5, 5.41) is 12.9. The predicted molar refractivity (Wildman–Crippen MR) is 74.1 cm³/mol. The van der Waals surface area contributed by atoms with Gasteiger partial charge in [0.1, 0.15) is 0 Å². The van der Waals surface area contributed by atoms with Crippen LogP contribution in [0.2, 0.25) is 0 Å². The molecule has 2 nitrogen and oxygen atoms in total. The molecule has 102 valence electrons. The van der Waals surface area contributed by atoms with Gasteiger partial charge in [-0.15, -0.1) is 0 Å². The highest BCUT2D eigenvalue weighted by Gasteiger charge is 2.27. The molecule has 0 aliphatic heterocycles. The topological polar surface area (TPSA) is 32.3 Å². The van der Waals surface area contributed by atoms with Gasteiger partial charge in [0.2, 0.25) is 0 Å². The van der Waals surface area contributed by atoms with Crippen molar-refractivity contribution in [3.05, 3.63) is 0 Å². The smallest absolute Gasteiger partial charge is 0.0482 e. The summed E-state index contributed by atoms with van der Waals surface area (Å²) in [5.74, 6) is 1.65. The third-order valence-electron chi connectivity index (χ3n) is 4.38. The van der Waals surface area contributed by atoms with Crippen LogP contribution in [0.1, 0.15) is 59.8 Å². The van der Waals surface area contributed by atoms with Gasteiger partial charge in [-0.3, -0.25) is 0 Å². The van der Waals surface area contributed by atoms with Crippen molar-refractivity contribution >= 4 is 0 Å². The van der Waals surface area contributed by atoms with Crippen molar-refractivity contribution in [2.24, 2.45) is 17.3 Å². The Hall–Kier alpha value is -0.0800. The van der Waals surface area contributed by atoms with E-state index in [2.05, 4.69) is 33.0 Å². The van der Waals surface area contributed by atoms with E-state index in [0.29, 0.717) is 12.6 Å². The van der Waals surface area contributed by atoms with E-state index in [9.17, 15) is 5.11 Å². The van der Waals surface area contributed by atoms with Crippen molar-refractivity contribution < 1.29 is 5.11 Å². The van der Waals surface area contributed by atoms with Crippen molar-refractivity contribution in [2.45, 2.75) is 65.8 Å². The molecule has 1 saturated carbocycles. The number of hydrogen-bond donors (Lipinski definition) is 2. The van der Waals surface area contributed by atoms with Crippen molar-refractivity contribution in [2.75, 3.05) is 13.2 Å². The minimum Gasteiger partial charge on any atom is -0.396 e. The monoisotopic (exact) mass is 241 g/mol. The molecule has 0 saturated heterocycles. The first kappa shape index (κ1) is 15.0. The summed E-state index contributed by atoms with van der Waals surface area (Å²) in [6.07, 6.45) is 6.43. The van der Waals surface area contributed by atoms with E-state index in [4.69, 9.17) is 0 Å². The second-order valence-electron chi connectivity index (χ2n) is 6.79. The van der Waals surface area contributed by atoms with Gasteiger partial charge in [-0.2, -0.15) is 0 Å². The van der Waals surface area contributed by atoms with Crippen LogP contribution in [-0.2, 0) is 0 Å². The van der Waals surface area contributed by atoms with Crippen LogP contribution in [0.25, 0.3) is 0 Å². The molecule has 0 aromatic heterocycles. The maximum Gasteiger partial charge on any atom is 0.0482 e. The molecular weight excluding hydrogens is 210 g/mol. The van der Waals surface area contributed by atoms with Gasteiger partial charge in [-0.1, -0.05) is 34.1 Å². The molecule has 1 fully saturated rings. The van der Waals surface area contributed by atoms with Crippen molar-refractivity contribution in [1.82, 2.24) is 5.32 Å². The van der Waals surface area contributed by atoms with E-state index in [1.54, 1.807) is 0 Å². The van der Waals surface area contributed by atoms with E-state index >= 15 is 0 Å². The van der Waals surface area contributed by atoms with Crippen molar-refractivity contribution in [3.8, 4) is 0 Å². The van der Waals surface area contributed by atoms with E-state index in [0.717, 1.165) is 24.8 Å². The minimum atomic E-state index is 0.0888. The zero-order valence-electron chi connectivity index (χ0n) is 12.1. The molecule has 0 spiro atoms. The molecule has 0 radical (unpaired) electrons.